The Kier molecular flexibility index (Phi) is 4.53. The van der Waals surface area contributed by atoms with Gasteiger partial charge in [-0.15, -0.1) is 11.8 Å². The molecule has 26 heavy (non-hydrogen) atoms. The van der Waals surface area contributed by atoms with Crippen molar-refractivity contribution >= 4 is 29.0 Å². The lowest BCUT2D eigenvalue weighted by atomic mass is 9.98. The van der Waals surface area contributed by atoms with E-state index < -0.39 is 29.1 Å². The van der Waals surface area contributed by atoms with Crippen LogP contribution >= 0.6 is 11.8 Å². The molecule has 0 fully saturated rings. The molecule has 2 aromatic rings. The summed E-state index contributed by atoms with van der Waals surface area (Å²) >= 11 is 0.973. The fraction of sp³-hybridized carbons (Fsp3) is 0.125. The van der Waals surface area contributed by atoms with Gasteiger partial charge in [0.2, 0.25) is 11.6 Å². The highest BCUT2D eigenvalue weighted by molar-refractivity contribution is 8.03. The molecule has 0 amide bonds. The SMILES string of the molecule is CSC1=C(Nc2ccc(C(F)(F)F)c(F)c2)C(=O)c2cncnc2C1=O. The summed E-state index contributed by atoms with van der Waals surface area (Å²) in [5.74, 6) is -2.62. The normalized spacial score (nSPS) is 14.5. The maximum atomic E-state index is 13.7. The zero-order chi connectivity index (χ0) is 19.1. The molecular weight excluding hydrogens is 374 g/mol. The number of hydrogen-bond acceptors (Lipinski definition) is 6. The number of allylic oxidation sites excluding steroid dienone is 2. The monoisotopic (exact) mass is 383 g/mol. The van der Waals surface area contributed by atoms with Crippen molar-refractivity contribution < 1.29 is 27.2 Å². The highest BCUT2D eigenvalue weighted by Gasteiger charge is 2.35. The van der Waals surface area contributed by atoms with Gasteiger partial charge in [0.15, 0.2) is 0 Å². The first-order chi connectivity index (χ1) is 12.2. The summed E-state index contributed by atoms with van der Waals surface area (Å²) < 4.78 is 51.7. The van der Waals surface area contributed by atoms with Gasteiger partial charge in [-0.2, -0.15) is 13.2 Å². The molecule has 1 aromatic carbocycles. The Bertz CT molecular complexity index is 957. The number of Topliss-reactive ketones (excluding diaryl/α,β-unsaturated/α-hetero) is 2. The van der Waals surface area contributed by atoms with E-state index in [9.17, 15) is 27.2 Å². The number of carbonyl (C=O) groups is 2. The van der Waals surface area contributed by atoms with E-state index in [2.05, 4.69) is 15.3 Å². The minimum atomic E-state index is -4.83. The van der Waals surface area contributed by atoms with E-state index in [0.717, 1.165) is 24.2 Å². The van der Waals surface area contributed by atoms with Crippen LogP contribution in [0.15, 0.2) is 41.3 Å². The minimum Gasteiger partial charge on any atom is -0.351 e. The molecule has 0 radical (unpaired) electrons. The summed E-state index contributed by atoms with van der Waals surface area (Å²) in [5.41, 5.74) is -1.78. The van der Waals surface area contributed by atoms with Gasteiger partial charge >= 0.3 is 6.18 Å². The van der Waals surface area contributed by atoms with Gasteiger partial charge in [-0.3, -0.25) is 9.59 Å². The maximum Gasteiger partial charge on any atom is 0.419 e. The number of rotatable bonds is 3. The molecule has 3 rings (SSSR count). The van der Waals surface area contributed by atoms with Crippen LogP contribution in [0.4, 0.5) is 23.2 Å². The number of alkyl halides is 3. The second kappa shape index (κ2) is 6.52. The average Bonchev–Trinajstić information content (AvgIpc) is 2.59. The molecule has 0 bridgehead atoms. The van der Waals surface area contributed by atoms with Gasteiger partial charge in [0.25, 0.3) is 0 Å². The van der Waals surface area contributed by atoms with E-state index in [1.807, 2.05) is 0 Å². The van der Waals surface area contributed by atoms with Gasteiger partial charge in [-0.1, -0.05) is 0 Å². The predicted octanol–water partition coefficient (Wildman–Crippen LogP) is 3.70. The van der Waals surface area contributed by atoms with Gasteiger partial charge in [-0.25, -0.2) is 14.4 Å². The third-order valence-corrected chi connectivity index (χ3v) is 4.38. The molecule has 5 nitrogen and oxygen atoms in total. The third-order valence-electron chi connectivity index (χ3n) is 3.58. The van der Waals surface area contributed by atoms with Gasteiger partial charge in [-0.05, 0) is 24.5 Å². The number of carbonyl (C=O) groups excluding carboxylic acids is 2. The zero-order valence-corrected chi connectivity index (χ0v) is 13.8. The molecule has 1 aromatic heterocycles. The van der Waals surface area contributed by atoms with Crippen LogP contribution in [0.1, 0.15) is 26.4 Å². The van der Waals surface area contributed by atoms with E-state index in [1.54, 1.807) is 6.26 Å². The number of fused-ring (bicyclic) bond motifs is 1. The van der Waals surface area contributed by atoms with E-state index >= 15 is 0 Å². The Hall–Kier alpha value is -2.75. The quantitative estimate of drug-likeness (QED) is 0.815. The lowest BCUT2D eigenvalue weighted by molar-refractivity contribution is -0.139. The van der Waals surface area contributed by atoms with Crippen LogP contribution in [-0.2, 0) is 6.18 Å². The van der Waals surface area contributed by atoms with Crippen LogP contribution in [0.25, 0.3) is 0 Å². The highest BCUT2D eigenvalue weighted by atomic mass is 32.2. The number of hydrogen-bond donors (Lipinski definition) is 1. The highest BCUT2D eigenvalue weighted by Crippen LogP contribution is 2.34. The minimum absolute atomic E-state index is 0.0292. The molecule has 0 spiro atoms. The summed E-state index contributed by atoms with van der Waals surface area (Å²) in [6, 6.07) is 2.15. The molecule has 0 atom stereocenters. The first kappa shape index (κ1) is 18.1. The molecule has 1 aliphatic carbocycles. The fourth-order valence-corrected chi connectivity index (χ4v) is 3.04. The lowest BCUT2D eigenvalue weighted by Crippen LogP contribution is -2.26. The van der Waals surface area contributed by atoms with E-state index in [0.29, 0.717) is 12.1 Å². The number of ketones is 2. The first-order valence-electron chi connectivity index (χ1n) is 7.05. The van der Waals surface area contributed by atoms with Crippen molar-refractivity contribution in [1.29, 1.82) is 0 Å². The molecule has 0 saturated heterocycles. The van der Waals surface area contributed by atoms with Gasteiger partial charge in [0.05, 0.1) is 16.0 Å². The van der Waals surface area contributed by atoms with Crippen LogP contribution < -0.4 is 5.32 Å². The van der Waals surface area contributed by atoms with Crippen molar-refractivity contribution in [2.75, 3.05) is 11.6 Å². The van der Waals surface area contributed by atoms with E-state index in [1.165, 1.54) is 6.20 Å². The number of nitrogens with zero attached hydrogens (tertiary/aromatic N) is 2. The number of anilines is 1. The van der Waals surface area contributed by atoms with E-state index in [-0.39, 0.29) is 27.5 Å². The number of thioether (sulfide) groups is 1. The number of nitrogens with one attached hydrogen (secondary N) is 1. The topological polar surface area (TPSA) is 72.0 Å². The van der Waals surface area contributed by atoms with Crippen LogP contribution in [-0.4, -0.2) is 27.8 Å². The molecular formula is C16H9F4N3O2S. The molecule has 10 heteroatoms. The summed E-state index contributed by atoms with van der Waals surface area (Å²) in [7, 11) is 0. The number of benzene rings is 1. The Balaban J connectivity index is 2.02. The standard InChI is InChI=1S/C16H9F4N3O2S/c1-26-15-12(13(24)8-5-21-6-22-11(8)14(15)25)23-7-2-3-9(10(17)4-7)16(18,19)20/h2-6,23H,1H3. The van der Waals surface area contributed by atoms with Crippen LogP contribution in [0.5, 0.6) is 0 Å². The molecule has 1 heterocycles. The van der Waals surface area contributed by atoms with E-state index in [4.69, 9.17) is 0 Å². The Labute approximate surface area is 148 Å². The van der Waals surface area contributed by atoms with Crippen molar-refractivity contribution in [3.8, 4) is 0 Å². The lowest BCUT2D eigenvalue weighted by Gasteiger charge is -2.20. The molecule has 0 aliphatic heterocycles. The van der Waals surface area contributed by atoms with Gasteiger partial charge in [0, 0.05) is 11.9 Å². The number of halogens is 4. The second-order valence-corrected chi connectivity index (χ2v) is 5.99. The molecule has 1 aliphatic rings. The van der Waals surface area contributed by atoms with Gasteiger partial charge < -0.3 is 5.32 Å². The van der Waals surface area contributed by atoms with Crippen molar-refractivity contribution in [2.24, 2.45) is 0 Å². The Morgan fingerprint density at radius 2 is 1.88 bits per heavy atom. The Morgan fingerprint density at radius 1 is 1.15 bits per heavy atom. The maximum absolute atomic E-state index is 13.7. The molecule has 1 N–H and O–H groups in total. The second-order valence-electron chi connectivity index (χ2n) is 5.17. The Morgan fingerprint density at radius 3 is 2.50 bits per heavy atom. The molecule has 0 unspecified atom stereocenters. The third kappa shape index (κ3) is 3.07. The van der Waals surface area contributed by atoms with Crippen LogP contribution in [0, 0.1) is 5.82 Å². The molecule has 0 saturated carbocycles. The van der Waals surface area contributed by atoms with Crippen LogP contribution in [0.2, 0.25) is 0 Å². The van der Waals surface area contributed by atoms with Crippen molar-refractivity contribution in [3.05, 3.63) is 64.0 Å². The summed E-state index contributed by atoms with van der Waals surface area (Å²) in [6.45, 7) is 0. The summed E-state index contributed by atoms with van der Waals surface area (Å²) in [4.78, 5) is 32.6. The predicted molar refractivity (Wildman–Crippen MR) is 86.3 cm³/mol. The smallest absolute Gasteiger partial charge is 0.351 e. The van der Waals surface area contributed by atoms with Crippen molar-refractivity contribution in [3.63, 3.8) is 0 Å². The first-order valence-corrected chi connectivity index (χ1v) is 8.28. The largest absolute Gasteiger partial charge is 0.419 e. The fourth-order valence-electron chi connectivity index (χ4n) is 2.41. The summed E-state index contributed by atoms with van der Waals surface area (Å²) in [5, 5.41) is 2.55. The summed E-state index contributed by atoms with van der Waals surface area (Å²) in [6.07, 6.45) is -0.971. The molecule has 134 valence electrons. The van der Waals surface area contributed by atoms with Gasteiger partial charge in [0.1, 0.15) is 23.5 Å². The van der Waals surface area contributed by atoms with Crippen molar-refractivity contribution in [1.82, 2.24) is 9.97 Å². The van der Waals surface area contributed by atoms with Crippen LogP contribution in [0.3, 0.4) is 0 Å². The number of aromatic nitrogens is 2. The zero-order valence-electron chi connectivity index (χ0n) is 13.0. The van der Waals surface area contributed by atoms with Crippen molar-refractivity contribution in [2.45, 2.75) is 6.18 Å². The average molecular weight is 383 g/mol.